The van der Waals surface area contributed by atoms with Crippen LogP contribution in [0.3, 0.4) is 0 Å². The molecule has 7 heterocycles. The first-order valence-electron chi connectivity index (χ1n) is 23.0. The Bertz CT molecular complexity index is 2920. The van der Waals surface area contributed by atoms with Crippen LogP contribution in [-0.4, -0.2) is 97.7 Å². The van der Waals surface area contributed by atoms with Crippen molar-refractivity contribution in [2.45, 2.75) is 96.6 Å². The van der Waals surface area contributed by atoms with Crippen molar-refractivity contribution in [1.82, 2.24) is 44.9 Å². The minimum absolute atomic E-state index is 0.130. The normalized spacial score (nSPS) is 19.4. The van der Waals surface area contributed by atoms with Crippen LogP contribution in [0.15, 0.2) is 54.9 Å². The predicted molar refractivity (Wildman–Crippen MR) is 254 cm³/mol. The van der Waals surface area contributed by atoms with Gasteiger partial charge in [-0.2, -0.15) is 0 Å². The lowest BCUT2D eigenvalue weighted by Gasteiger charge is -2.33. The zero-order valence-electron chi connectivity index (χ0n) is 38.3. The van der Waals surface area contributed by atoms with Crippen molar-refractivity contribution in [2.75, 3.05) is 27.3 Å². The van der Waals surface area contributed by atoms with E-state index in [-0.39, 0.29) is 35.7 Å². The number of hydrogen-bond acceptors (Lipinski definition) is 10. The molecule has 4 aliphatic rings. The molecule has 0 radical (unpaired) electrons. The largest absolute Gasteiger partial charge is 0.464 e. The number of amides is 4. The van der Waals surface area contributed by atoms with Gasteiger partial charge in [0.2, 0.25) is 18.0 Å². The molecule has 2 saturated heterocycles. The number of imidazole rings is 2. The quantitative estimate of drug-likeness (QED) is 0.0983. The zero-order chi connectivity index (χ0) is 46.8. The lowest BCUT2D eigenvalue weighted by atomic mass is 9.86. The lowest BCUT2D eigenvalue weighted by molar-refractivity contribution is -0.136. The highest BCUT2D eigenvalue weighted by atomic mass is 35.5. The number of H-pyrrole nitrogens is 2. The number of methoxy groups -OCH3 is 2. The summed E-state index contributed by atoms with van der Waals surface area (Å²) in [6, 6.07) is 12.8. The van der Waals surface area contributed by atoms with Gasteiger partial charge >= 0.3 is 12.2 Å². The highest BCUT2D eigenvalue weighted by Crippen LogP contribution is 2.53. The SMILES string of the molecule is COC(=O)N[C@H](C(=O)N1CCC[C@H]1c1ncc(-c2cc3c4c(c2)OC(c2ccc(Cl)s2)n2c-4c(c4cc(-c5cnc([C@@H]6CCCN6C(=O)[C@@H](NC(=O)OC)C(C)C)[nH]5)ccc42)CC3)[nH]1)C(C)C. The molecule has 5 atom stereocenters. The Morgan fingerprint density at radius 1 is 0.791 bits per heavy atom. The summed E-state index contributed by atoms with van der Waals surface area (Å²) in [4.78, 5) is 73.4. The number of nitrogens with one attached hydrogen (secondary N) is 4. The van der Waals surface area contributed by atoms with Gasteiger partial charge < -0.3 is 44.6 Å². The van der Waals surface area contributed by atoms with Crippen LogP contribution in [0.2, 0.25) is 4.34 Å². The van der Waals surface area contributed by atoms with E-state index in [9.17, 15) is 19.2 Å². The maximum Gasteiger partial charge on any atom is 0.407 e. The minimum atomic E-state index is -0.723. The summed E-state index contributed by atoms with van der Waals surface area (Å²) in [5.41, 5.74) is 9.25. The van der Waals surface area contributed by atoms with Gasteiger partial charge in [0.05, 0.1) is 70.5 Å². The fourth-order valence-electron chi connectivity index (χ4n) is 10.5. The van der Waals surface area contributed by atoms with Gasteiger partial charge in [-0.15, -0.1) is 11.3 Å². The molecule has 3 aliphatic heterocycles. The number of alkyl carbamates (subject to hydrolysis) is 2. The van der Waals surface area contributed by atoms with Gasteiger partial charge in [-0.1, -0.05) is 45.4 Å². The number of carbonyl (C=O) groups is 4. The third kappa shape index (κ3) is 7.88. The summed E-state index contributed by atoms with van der Waals surface area (Å²) in [5.74, 6) is 1.61. The summed E-state index contributed by atoms with van der Waals surface area (Å²) >= 11 is 8.08. The van der Waals surface area contributed by atoms with Gasteiger partial charge in [0.1, 0.15) is 29.5 Å². The van der Waals surface area contributed by atoms with Crippen molar-refractivity contribution >= 4 is 57.8 Å². The number of hydrogen-bond donors (Lipinski definition) is 4. The van der Waals surface area contributed by atoms with E-state index < -0.39 is 30.5 Å². The molecule has 4 aromatic heterocycles. The number of carbonyl (C=O) groups excluding carboxylic acids is 4. The number of ether oxygens (including phenoxy) is 3. The fourth-order valence-corrected chi connectivity index (χ4v) is 11.6. The molecule has 16 nitrogen and oxygen atoms in total. The Labute approximate surface area is 396 Å². The summed E-state index contributed by atoms with van der Waals surface area (Å²) in [6.07, 6.45) is 6.69. The van der Waals surface area contributed by atoms with Crippen LogP contribution >= 0.6 is 22.9 Å². The molecule has 67 heavy (non-hydrogen) atoms. The van der Waals surface area contributed by atoms with Gasteiger partial charge in [0.15, 0.2) is 0 Å². The molecule has 4 amide bonds. The van der Waals surface area contributed by atoms with Crippen LogP contribution < -0.4 is 15.4 Å². The molecule has 1 unspecified atom stereocenters. The number of rotatable bonds is 11. The second kappa shape index (κ2) is 17.7. The van der Waals surface area contributed by atoms with Crippen molar-refractivity contribution in [2.24, 2.45) is 11.8 Å². The monoisotopic (exact) mass is 947 g/mol. The van der Waals surface area contributed by atoms with Crippen LogP contribution in [0.25, 0.3) is 44.7 Å². The minimum Gasteiger partial charge on any atom is -0.464 e. The van der Waals surface area contributed by atoms with E-state index in [2.05, 4.69) is 55.5 Å². The number of nitrogens with zero attached hydrogens (tertiary/aromatic N) is 5. The number of aryl methyl sites for hydroxylation is 2. The van der Waals surface area contributed by atoms with Crippen LogP contribution in [0.5, 0.6) is 5.75 Å². The standard InChI is InChI=1S/C49H54ClN9O7S/c1-24(2)40(55-48(62)64-5)45(60)57-17-7-9-34(57)43-51-22-31(53-43)26-12-14-33-30(20-26)29-13-11-27-19-28(21-36-39(27)42(29)59(33)47(66-36)37-15-16-38(50)67-37)32-23-52-44(54-32)35-10-8-18-58(35)46(61)41(25(3)4)56-49(63)65-6/h12,14-16,19-25,34-35,40-41,47H,7-11,13,17-18H2,1-6H3,(H,51,53)(H,52,54)(H,55,62)(H,56,63)/t34-,35-,40-,41-,47?/m0/s1. The van der Waals surface area contributed by atoms with E-state index >= 15 is 0 Å². The predicted octanol–water partition coefficient (Wildman–Crippen LogP) is 8.93. The molecular formula is C49H54ClN9O7S. The first-order valence-corrected chi connectivity index (χ1v) is 24.2. The van der Waals surface area contributed by atoms with Crippen LogP contribution in [0, 0.1) is 11.8 Å². The molecule has 10 rings (SSSR count). The Morgan fingerprint density at radius 2 is 1.39 bits per heavy atom. The molecule has 0 bridgehead atoms. The first-order chi connectivity index (χ1) is 32.3. The maximum absolute atomic E-state index is 13.9. The molecule has 6 aromatic rings. The van der Waals surface area contributed by atoms with Crippen molar-refractivity contribution in [1.29, 1.82) is 0 Å². The number of thiophene rings is 1. The number of likely N-dealkylation sites (tertiary alicyclic amines) is 2. The highest BCUT2D eigenvalue weighted by Gasteiger charge is 2.41. The van der Waals surface area contributed by atoms with Gasteiger partial charge in [-0.25, -0.2) is 19.6 Å². The van der Waals surface area contributed by atoms with E-state index in [1.807, 2.05) is 62.0 Å². The summed E-state index contributed by atoms with van der Waals surface area (Å²) in [7, 11) is 2.59. The number of aromatic nitrogens is 5. The summed E-state index contributed by atoms with van der Waals surface area (Å²) < 4.78 is 19.7. The third-order valence-corrected chi connectivity index (χ3v) is 15.0. The van der Waals surface area contributed by atoms with Crippen molar-refractivity contribution < 1.29 is 33.4 Å². The first kappa shape index (κ1) is 44.5. The summed E-state index contributed by atoms with van der Waals surface area (Å²) in [6.45, 7) is 8.76. The number of fused-ring (bicyclic) bond motifs is 3. The summed E-state index contributed by atoms with van der Waals surface area (Å²) in [5, 5.41) is 6.59. The third-order valence-electron chi connectivity index (χ3n) is 13.8. The van der Waals surface area contributed by atoms with Gasteiger partial charge in [0.25, 0.3) is 0 Å². The van der Waals surface area contributed by atoms with Crippen LogP contribution in [-0.2, 0) is 31.9 Å². The molecule has 18 heteroatoms. The Hall–Kier alpha value is -6.33. The van der Waals surface area contributed by atoms with Gasteiger partial charge in [-0.3, -0.25) is 14.2 Å². The Morgan fingerprint density at radius 3 is 1.94 bits per heavy atom. The van der Waals surface area contributed by atoms with Gasteiger partial charge in [-0.05, 0) is 97.9 Å². The topological polar surface area (TPSA) is 189 Å². The van der Waals surface area contributed by atoms with Gasteiger partial charge in [0, 0.05) is 35.2 Å². The average molecular weight is 949 g/mol. The van der Waals surface area contributed by atoms with Crippen LogP contribution in [0.1, 0.15) is 99.3 Å². The van der Waals surface area contributed by atoms with E-state index in [0.717, 1.165) is 93.8 Å². The maximum atomic E-state index is 13.9. The number of benzene rings is 2. The smallest absolute Gasteiger partial charge is 0.407 e. The van der Waals surface area contributed by atoms with Crippen molar-refractivity contribution in [3.8, 4) is 39.5 Å². The molecule has 350 valence electrons. The van der Waals surface area contributed by atoms with Crippen molar-refractivity contribution in [3.63, 3.8) is 0 Å². The molecule has 4 N–H and O–H groups in total. The second-order valence-corrected chi connectivity index (χ2v) is 20.3. The lowest BCUT2D eigenvalue weighted by Crippen LogP contribution is -2.51. The average Bonchev–Trinajstić information content (AvgIpc) is 4.19. The van der Waals surface area contributed by atoms with Crippen LogP contribution in [0.4, 0.5) is 9.59 Å². The van der Waals surface area contributed by atoms with Crippen molar-refractivity contribution in [3.05, 3.63) is 86.8 Å². The van der Waals surface area contributed by atoms with E-state index in [1.165, 1.54) is 36.7 Å². The number of aromatic amines is 2. The molecular weight excluding hydrogens is 894 g/mol. The fraction of sp³-hybridized carbons (Fsp3) is 0.429. The molecule has 0 saturated carbocycles. The van der Waals surface area contributed by atoms with E-state index in [0.29, 0.717) is 29.1 Å². The molecule has 2 aromatic carbocycles. The molecule has 1 aliphatic carbocycles. The van der Waals surface area contributed by atoms with E-state index in [1.54, 1.807) is 0 Å². The second-order valence-electron chi connectivity index (χ2n) is 18.5. The number of halogens is 1. The molecule has 0 spiro atoms. The molecule has 2 fully saturated rings. The zero-order valence-corrected chi connectivity index (χ0v) is 39.8. The Balaban J connectivity index is 0.975. The van der Waals surface area contributed by atoms with E-state index in [4.69, 9.17) is 35.8 Å². The highest BCUT2D eigenvalue weighted by molar-refractivity contribution is 7.16. The Kier molecular flexibility index (Phi) is 11.8.